The van der Waals surface area contributed by atoms with E-state index in [1.54, 1.807) is 16.7 Å². The first-order chi connectivity index (χ1) is 14.1. The van der Waals surface area contributed by atoms with Crippen molar-refractivity contribution in [2.45, 2.75) is 50.4 Å². The molecule has 1 fully saturated rings. The van der Waals surface area contributed by atoms with Gasteiger partial charge in [0.1, 0.15) is 0 Å². The highest BCUT2D eigenvalue weighted by molar-refractivity contribution is 7.99. The molecule has 1 aliphatic rings. The third-order valence-electron chi connectivity index (χ3n) is 5.58. The molecule has 7 nitrogen and oxygen atoms in total. The minimum atomic E-state index is -0.124. The SMILES string of the molecule is C=CCn1c(=O)c2ccccc2n2c(SCC(=O)N[C@@H]3CCCC[C@@H]3C)nnc12. The van der Waals surface area contributed by atoms with Gasteiger partial charge in [-0.3, -0.25) is 18.6 Å². The zero-order valence-electron chi connectivity index (χ0n) is 16.5. The lowest BCUT2D eigenvalue weighted by atomic mass is 9.86. The van der Waals surface area contributed by atoms with Gasteiger partial charge in [-0.1, -0.05) is 49.7 Å². The predicted molar refractivity (Wildman–Crippen MR) is 115 cm³/mol. The average molecular weight is 412 g/mol. The van der Waals surface area contributed by atoms with Gasteiger partial charge in [0.05, 0.1) is 16.7 Å². The fraction of sp³-hybridized carbons (Fsp3) is 0.429. The summed E-state index contributed by atoms with van der Waals surface area (Å²) < 4.78 is 3.40. The number of hydrogen-bond acceptors (Lipinski definition) is 5. The standard InChI is InChI=1S/C21H25N5O2S/c1-3-12-25-19(28)15-9-5-7-11-17(15)26-20(25)23-24-21(26)29-13-18(27)22-16-10-6-4-8-14(16)2/h3,5,7,9,11,14,16H,1,4,6,8,10,12-13H2,2H3,(H,22,27)/t14-,16+/m0/s1. The van der Waals surface area contributed by atoms with Crippen molar-refractivity contribution in [3.05, 3.63) is 47.3 Å². The molecule has 1 saturated carbocycles. The average Bonchev–Trinajstić information content (AvgIpc) is 3.15. The van der Waals surface area contributed by atoms with Crippen LogP contribution in [0.4, 0.5) is 0 Å². The third-order valence-corrected chi connectivity index (χ3v) is 6.51. The molecule has 0 spiro atoms. The summed E-state index contributed by atoms with van der Waals surface area (Å²) in [6.07, 6.45) is 6.29. The molecule has 29 heavy (non-hydrogen) atoms. The molecule has 8 heteroatoms. The van der Waals surface area contributed by atoms with Crippen LogP contribution in [0.2, 0.25) is 0 Å². The lowest BCUT2D eigenvalue weighted by Gasteiger charge is -2.29. The molecule has 152 valence electrons. The normalized spacial score (nSPS) is 19.5. The van der Waals surface area contributed by atoms with Crippen molar-refractivity contribution < 1.29 is 4.79 Å². The number of carbonyl (C=O) groups is 1. The Hall–Kier alpha value is -2.61. The topological polar surface area (TPSA) is 81.3 Å². The molecule has 0 radical (unpaired) electrons. The Morgan fingerprint density at radius 2 is 2.10 bits per heavy atom. The maximum absolute atomic E-state index is 12.8. The lowest BCUT2D eigenvalue weighted by Crippen LogP contribution is -2.41. The van der Waals surface area contributed by atoms with Crippen LogP contribution < -0.4 is 10.9 Å². The van der Waals surface area contributed by atoms with Crippen LogP contribution >= 0.6 is 11.8 Å². The number of thioether (sulfide) groups is 1. The van der Waals surface area contributed by atoms with Crippen LogP contribution in [0.1, 0.15) is 32.6 Å². The number of benzene rings is 1. The molecule has 2 atom stereocenters. The zero-order chi connectivity index (χ0) is 20.4. The van der Waals surface area contributed by atoms with E-state index in [-0.39, 0.29) is 23.3 Å². The number of fused-ring (bicyclic) bond motifs is 3. The first-order valence-electron chi connectivity index (χ1n) is 10.00. The fourth-order valence-corrected chi connectivity index (χ4v) is 4.78. The summed E-state index contributed by atoms with van der Waals surface area (Å²) in [4.78, 5) is 25.3. The van der Waals surface area contributed by atoms with Crippen LogP contribution in [0.15, 0.2) is 46.9 Å². The van der Waals surface area contributed by atoms with E-state index in [9.17, 15) is 9.59 Å². The van der Waals surface area contributed by atoms with Crippen molar-refractivity contribution in [3.8, 4) is 0 Å². The zero-order valence-corrected chi connectivity index (χ0v) is 17.3. The maximum atomic E-state index is 12.8. The summed E-state index contributed by atoms with van der Waals surface area (Å²) in [5, 5.41) is 12.9. The number of allylic oxidation sites excluding steroid dienone is 1. The molecule has 1 amide bonds. The van der Waals surface area contributed by atoms with Crippen LogP contribution in [-0.2, 0) is 11.3 Å². The minimum absolute atomic E-state index is 0.00854. The monoisotopic (exact) mass is 411 g/mol. The smallest absolute Gasteiger partial charge is 0.263 e. The Morgan fingerprint density at radius 1 is 1.31 bits per heavy atom. The number of para-hydroxylation sites is 1. The number of rotatable bonds is 6. The number of nitrogens with zero attached hydrogens (tertiary/aromatic N) is 4. The molecule has 0 bridgehead atoms. The highest BCUT2D eigenvalue weighted by Crippen LogP contribution is 2.25. The maximum Gasteiger partial charge on any atom is 0.263 e. The Morgan fingerprint density at radius 3 is 2.90 bits per heavy atom. The van der Waals surface area contributed by atoms with E-state index < -0.39 is 0 Å². The second kappa shape index (κ2) is 8.41. The Kier molecular flexibility index (Phi) is 5.71. The van der Waals surface area contributed by atoms with Gasteiger partial charge in [0.25, 0.3) is 5.56 Å². The number of aromatic nitrogens is 4. The summed E-state index contributed by atoms with van der Waals surface area (Å²) in [6.45, 7) is 6.28. The van der Waals surface area contributed by atoms with Gasteiger partial charge in [0, 0.05) is 12.6 Å². The largest absolute Gasteiger partial charge is 0.352 e. The molecule has 3 aromatic rings. The molecule has 1 aromatic carbocycles. The van der Waals surface area contributed by atoms with Gasteiger partial charge in [0.2, 0.25) is 11.7 Å². The summed E-state index contributed by atoms with van der Waals surface area (Å²) in [7, 11) is 0. The minimum Gasteiger partial charge on any atom is -0.352 e. The highest BCUT2D eigenvalue weighted by atomic mass is 32.2. The molecule has 1 N–H and O–H groups in total. The van der Waals surface area contributed by atoms with E-state index in [1.165, 1.54) is 31.0 Å². The second-order valence-electron chi connectivity index (χ2n) is 7.56. The molecular weight excluding hydrogens is 386 g/mol. The van der Waals surface area contributed by atoms with Gasteiger partial charge < -0.3 is 5.32 Å². The van der Waals surface area contributed by atoms with E-state index in [1.807, 2.05) is 22.6 Å². The van der Waals surface area contributed by atoms with Crippen molar-refractivity contribution in [2.75, 3.05) is 5.75 Å². The number of carbonyl (C=O) groups excluding carboxylic acids is 1. The number of hydrogen-bond donors (Lipinski definition) is 1. The van der Waals surface area contributed by atoms with Crippen LogP contribution in [0.25, 0.3) is 16.7 Å². The van der Waals surface area contributed by atoms with E-state index >= 15 is 0 Å². The predicted octanol–water partition coefficient (Wildman–Crippen LogP) is 3.02. The van der Waals surface area contributed by atoms with Gasteiger partial charge in [0.15, 0.2) is 5.16 Å². The van der Waals surface area contributed by atoms with Gasteiger partial charge in [-0.2, -0.15) is 0 Å². The van der Waals surface area contributed by atoms with E-state index in [0.29, 0.717) is 28.8 Å². The molecule has 2 aromatic heterocycles. The third kappa shape index (κ3) is 3.81. The first-order valence-corrected chi connectivity index (χ1v) is 11.0. The Bertz CT molecular complexity index is 1120. The van der Waals surface area contributed by atoms with E-state index in [2.05, 4.69) is 29.0 Å². The number of amides is 1. The lowest BCUT2D eigenvalue weighted by molar-refractivity contribution is -0.119. The van der Waals surface area contributed by atoms with Gasteiger partial charge in [-0.05, 0) is 30.9 Å². The van der Waals surface area contributed by atoms with Gasteiger partial charge >= 0.3 is 0 Å². The van der Waals surface area contributed by atoms with Crippen molar-refractivity contribution in [1.82, 2.24) is 24.5 Å². The van der Waals surface area contributed by atoms with Crippen molar-refractivity contribution >= 4 is 34.3 Å². The summed E-state index contributed by atoms with van der Waals surface area (Å²) in [5.74, 6) is 1.24. The molecule has 0 unspecified atom stereocenters. The second-order valence-corrected chi connectivity index (χ2v) is 8.51. The summed E-state index contributed by atoms with van der Waals surface area (Å²) in [5.41, 5.74) is 0.614. The van der Waals surface area contributed by atoms with Crippen LogP contribution in [-0.4, -0.2) is 36.9 Å². The van der Waals surface area contributed by atoms with Crippen molar-refractivity contribution in [3.63, 3.8) is 0 Å². The summed E-state index contributed by atoms with van der Waals surface area (Å²) in [6, 6.07) is 7.64. The highest BCUT2D eigenvalue weighted by Gasteiger charge is 2.23. The van der Waals surface area contributed by atoms with Crippen LogP contribution in [0, 0.1) is 5.92 Å². The van der Waals surface area contributed by atoms with E-state index in [0.717, 1.165) is 11.9 Å². The number of nitrogens with one attached hydrogen (secondary N) is 1. The molecule has 0 saturated heterocycles. The fourth-order valence-electron chi connectivity index (χ4n) is 4.03. The van der Waals surface area contributed by atoms with Crippen molar-refractivity contribution in [1.29, 1.82) is 0 Å². The molecule has 0 aliphatic heterocycles. The molecule has 2 heterocycles. The van der Waals surface area contributed by atoms with Crippen LogP contribution in [0.5, 0.6) is 0 Å². The Balaban J connectivity index is 1.62. The van der Waals surface area contributed by atoms with Crippen LogP contribution in [0.3, 0.4) is 0 Å². The summed E-state index contributed by atoms with van der Waals surface area (Å²) >= 11 is 1.34. The molecular formula is C21H25N5O2S. The molecule has 4 rings (SSSR count). The first kappa shape index (κ1) is 19.7. The van der Waals surface area contributed by atoms with E-state index in [4.69, 9.17) is 0 Å². The molecule has 1 aliphatic carbocycles. The van der Waals surface area contributed by atoms with Crippen molar-refractivity contribution in [2.24, 2.45) is 5.92 Å². The van der Waals surface area contributed by atoms with Gasteiger partial charge in [-0.15, -0.1) is 16.8 Å². The Labute approximate surface area is 173 Å². The quantitative estimate of drug-likeness (QED) is 0.498. The van der Waals surface area contributed by atoms with Gasteiger partial charge in [-0.25, -0.2) is 0 Å².